The van der Waals surface area contributed by atoms with E-state index in [4.69, 9.17) is 26.1 Å². The molecule has 0 radical (unpaired) electrons. The number of carbonyl (C=O) groups is 1. The zero-order chi connectivity index (χ0) is 23.2. The van der Waals surface area contributed by atoms with Crippen molar-refractivity contribution in [2.45, 2.75) is 32.9 Å². The second-order valence-electron chi connectivity index (χ2n) is 8.48. The zero-order valence-corrected chi connectivity index (χ0v) is 19.7. The van der Waals surface area contributed by atoms with Gasteiger partial charge in [-0.1, -0.05) is 30.7 Å². The standard InChI is InChI=1S/C26H28ClN3O3/c1-18(13-25(31)32-2)15-30-12-11-24-21(16-30)14-28-26(29-24)20-5-9-23(10-6-20)33-17-19-3-7-22(27)8-4-19/h3-10,14,18H,11-13,15-17H2,1-2H3/t18-/m1/s1. The van der Waals surface area contributed by atoms with Crippen molar-refractivity contribution in [3.05, 3.63) is 76.6 Å². The molecule has 0 saturated heterocycles. The molecule has 0 saturated carbocycles. The first-order valence-corrected chi connectivity index (χ1v) is 11.5. The van der Waals surface area contributed by atoms with Crippen LogP contribution in [-0.2, 0) is 29.1 Å². The van der Waals surface area contributed by atoms with Crippen molar-refractivity contribution in [1.29, 1.82) is 0 Å². The number of nitrogens with zero attached hydrogens (tertiary/aromatic N) is 3. The Morgan fingerprint density at radius 3 is 2.64 bits per heavy atom. The molecule has 0 unspecified atom stereocenters. The van der Waals surface area contributed by atoms with Crippen LogP contribution in [0.25, 0.3) is 11.4 Å². The van der Waals surface area contributed by atoms with Crippen molar-refractivity contribution < 1.29 is 14.3 Å². The summed E-state index contributed by atoms with van der Waals surface area (Å²) in [4.78, 5) is 23.3. The van der Waals surface area contributed by atoms with Gasteiger partial charge in [0.2, 0.25) is 0 Å². The first-order chi connectivity index (χ1) is 16.0. The molecule has 0 spiro atoms. The first-order valence-electron chi connectivity index (χ1n) is 11.1. The lowest BCUT2D eigenvalue weighted by atomic mass is 10.0. The molecular formula is C26H28ClN3O3. The van der Waals surface area contributed by atoms with Gasteiger partial charge in [-0.3, -0.25) is 9.69 Å². The Morgan fingerprint density at radius 1 is 1.15 bits per heavy atom. The maximum absolute atomic E-state index is 11.5. The van der Waals surface area contributed by atoms with Crippen LogP contribution < -0.4 is 4.74 Å². The van der Waals surface area contributed by atoms with Crippen LogP contribution in [0.15, 0.2) is 54.7 Å². The number of ether oxygens (including phenoxy) is 2. The van der Waals surface area contributed by atoms with Crippen LogP contribution in [0, 0.1) is 5.92 Å². The molecule has 1 aliphatic heterocycles. The molecule has 0 aliphatic carbocycles. The Kier molecular flexibility index (Phi) is 7.57. The predicted molar refractivity (Wildman–Crippen MR) is 128 cm³/mol. The molecule has 2 heterocycles. The number of rotatable bonds is 8. The fourth-order valence-corrected chi connectivity index (χ4v) is 4.12. The quantitative estimate of drug-likeness (QED) is 0.439. The van der Waals surface area contributed by atoms with Crippen LogP contribution in [0.2, 0.25) is 5.02 Å². The van der Waals surface area contributed by atoms with Gasteiger partial charge in [0.05, 0.1) is 12.8 Å². The molecule has 1 aliphatic rings. The van der Waals surface area contributed by atoms with E-state index in [0.29, 0.717) is 18.1 Å². The van der Waals surface area contributed by atoms with Crippen molar-refractivity contribution in [2.24, 2.45) is 5.92 Å². The monoisotopic (exact) mass is 465 g/mol. The van der Waals surface area contributed by atoms with E-state index in [1.165, 1.54) is 7.11 Å². The first kappa shape index (κ1) is 23.2. The minimum absolute atomic E-state index is 0.158. The molecule has 1 aromatic heterocycles. The number of esters is 1. The SMILES string of the molecule is COC(=O)C[C@@H](C)CN1CCc2nc(-c3ccc(OCc4ccc(Cl)cc4)cc3)ncc2C1. The molecule has 172 valence electrons. The van der Waals surface area contributed by atoms with Gasteiger partial charge in [-0.05, 0) is 47.9 Å². The summed E-state index contributed by atoms with van der Waals surface area (Å²) in [6, 6.07) is 15.5. The van der Waals surface area contributed by atoms with E-state index in [9.17, 15) is 4.79 Å². The lowest BCUT2D eigenvalue weighted by Crippen LogP contribution is -2.35. The van der Waals surface area contributed by atoms with Crippen molar-refractivity contribution in [2.75, 3.05) is 20.2 Å². The number of fused-ring (bicyclic) bond motifs is 1. The summed E-state index contributed by atoms with van der Waals surface area (Å²) >= 11 is 5.93. The summed E-state index contributed by atoms with van der Waals surface area (Å²) in [6.07, 6.45) is 3.24. The van der Waals surface area contributed by atoms with Crippen molar-refractivity contribution >= 4 is 17.6 Å². The Morgan fingerprint density at radius 2 is 1.91 bits per heavy atom. The summed E-state index contributed by atoms with van der Waals surface area (Å²) in [5, 5.41) is 0.717. The highest BCUT2D eigenvalue weighted by Crippen LogP contribution is 2.24. The lowest BCUT2D eigenvalue weighted by Gasteiger charge is -2.30. The van der Waals surface area contributed by atoms with Crippen LogP contribution in [-0.4, -0.2) is 41.0 Å². The van der Waals surface area contributed by atoms with Crippen molar-refractivity contribution in [1.82, 2.24) is 14.9 Å². The summed E-state index contributed by atoms with van der Waals surface area (Å²) in [6.45, 7) is 5.15. The number of aromatic nitrogens is 2. The average Bonchev–Trinajstić information content (AvgIpc) is 2.83. The van der Waals surface area contributed by atoms with Gasteiger partial charge in [-0.25, -0.2) is 9.97 Å². The van der Waals surface area contributed by atoms with Gasteiger partial charge in [-0.2, -0.15) is 0 Å². The Bertz CT molecular complexity index is 1090. The van der Waals surface area contributed by atoms with E-state index < -0.39 is 0 Å². The van der Waals surface area contributed by atoms with Crippen molar-refractivity contribution in [3.63, 3.8) is 0 Å². The van der Waals surface area contributed by atoms with Crippen LogP contribution in [0.1, 0.15) is 30.2 Å². The van der Waals surface area contributed by atoms with Crippen LogP contribution in [0.4, 0.5) is 0 Å². The summed E-state index contributed by atoms with van der Waals surface area (Å²) in [5.74, 6) is 1.61. The molecule has 0 amide bonds. The summed E-state index contributed by atoms with van der Waals surface area (Å²) in [5.41, 5.74) is 4.28. The van der Waals surface area contributed by atoms with E-state index in [1.807, 2.05) is 54.7 Å². The highest BCUT2D eigenvalue weighted by atomic mass is 35.5. The number of halogens is 1. The third-order valence-corrected chi connectivity index (χ3v) is 6.01. The third kappa shape index (κ3) is 6.30. The van der Waals surface area contributed by atoms with Gasteiger partial charge in [0, 0.05) is 54.8 Å². The molecule has 6 nitrogen and oxygen atoms in total. The second-order valence-corrected chi connectivity index (χ2v) is 8.91. The third-order valence-electron chi connectivity index (χ3n) is 5.76. The molecule has 0 fully saturated rings. The van der Waals surface area contributed by atoms with Gasteiger partial charge in [-0.15, -0.1) is 0 Å². The topological polar surface area (TPSA) is 64.5 Å². The highest BCUT2D eigenvalue weighted by molar-refractivity contribution is 6.30. The molecule has 7 heteroatoms. The van der Waals surface area contributed by atoms with E-state index >= 15 is 0 Å². The molecule has 33 heavy (non-hydrogen) atoms. The van der Waals surface area contributed by atoms with Crippen molar-refractivity contribution in [3.8, 4) is 17.1 Å². The minimum atomic E-state index is -0.158. The Balaban J connectivity index is 1.35. The maximum Gasteiger partial charge on any atom is 0.305 e. The average molecular weight is 466 g/mol. The smallest absolute Gasteiger partial charge is 0.305 e. The highest BCUT2D eigenvalue weighted by Gasteiger charge is 2.21. The maximum atomic E-state index is 11.5. The summed E-state index contributed by atoms with van der Waals surface area (Å²) in [7, 11) is 1.43. The lowest BCUT2D eigenvalue weighted by molar-refractivity contribution is -0.141. The Labute approximate surface area is 199 Å². The number of carbonyl (C=O) groups excluding carboxylic acids is 1. The van der Waals surface area contributed by atoms with Gasteiger partial charge >= 0.3 is 5.97 Å². The van der Waals surface area contributed by atoms with E-state index in [-0.39, 0.29) is 11.9 Å². The number of hydrogen-bond donors (Lipinski definition) is 0. The molecule has 1 atom stereocenters. The summed E-state index contributed by atoms with van der Waals surface area (Å²) < 4.78 is 10.6. The molecular weight excluding hydrogens is 438 g/mol. The van der Waals surface area contributed by atoms with Gasteiger partial charge in [0.25, 0.3) is 0 Å². The number of methoxy groups -OCH3 is 1. The Hall–Kier alpha value is -2.96. The van der Waals surface area contributed by atoms with Crippen LogP contribution in [0.5, 0.6) is 5.75 Å². The minimum Gasteiger partial charge on any atom is -0.489 e. The molecule has 4 rings (SSSR count). The molecule has 0 bridgehead atoms. The van der Waals surface area contributed by atoms with Crippen LogP contribution >= 0.6 is 11.6 Å². The van der Waals surface area contributed by atoms with E-state index in [1.54, 1.807) is 0 Å². The van der Waals surface area contributed by atoms with Gasteiger partial charge in [0.15, 0.2) is 5.82 Å². The normalized spacial score (nSPS) is 14.4. The fourth-order valence-electron chi connectivity index (χ4n) is 3.99. The second kappa shape index (κ2) is 10.8. The van der Waals surface area contributed by atoms with E-state index in [0.717, 1.165) is 60.0 Å². The van der Waals surface area contributed by atoms with Crippen LogP contribution in [0.3, 0.4) is 0 Å². The largest absolute Gasteiger partial charge is 0.489 e. The van der Waals surface area contributed by atoms with Gasteiger partial charge in [0.1, 0.15) is 12.4 Å². The zero-order valence-electron chi connectivity index (χ0n) is 19.0. The predicted octanol–water partition coefficient (Wildman–Crippen LogP) is 4.93. The number of hydrogen-bond acceptors (Lipinski definition) is 6. The molecule has 2 aromatic carbocycles. The fraction of sp³-hybridized carbons (Fsp3) is 0.346. The number of benzene rings is 2. The molecule has 0 N–H and O–H groups in total. The van der Waals surface area contributed by atoms with E-state index in [2.05, 4.69) is 16.8 Å². The van der Waals surface area contributed by atoms with Gasteiger partial charge < -0.3 is 9.47 Å². The molecule has 3 aromatic rings.